The summed E-state index contributed by atoms with van der Waals surface area (Å²) in [5, 5.41) is 0. The Bertz CT molecular complexity index is 394. The molecule has 0 fully saturated rings. The Morgan fingerprint density at radius 2 is 2.18 bits per heavy atom. The zero-order valence-electron chi connectivity index (χ0n) is 6.70. The van der Waals surface area contributed by atoms with E-state index in [-0.39, 0.29) is 0 Å². The number of rotatable bonds is 0. The van der Waals surface area contributed by atoms with Crippen molar-refractivity contribution in [3.05, 3.63) is 24.5 Å². The number of aromatic nitrogens is 2. The van der Waals surface area contributed by atoms with E-state index in [1.54, 1.807) is 0 Å². The monoisotopic (exact) mass is 174 g/mol. The highest BCUT2D eigenvalue weighted by Crippen LogP contribution is 1.92. The number of hydrogen-bond acceptors (Lipinski definition) is 1. The minimum Gasteiger partial charge on any atom is -0.322 e. The Balaban J connectivity index is 2.86. The van der Waals surface area contributed by atoms with E-state index in [9.17, 15) is 0 Å². The molecule has 0 aromatic carbocycles. The second-order valence-corrected chi connectivity index (χ2v) is 5.01. The third-order valence-corrected chi connectivity index (χ3v) is 3.22. The second-order valence-electron chi connectivity index (χ2n) is 2.83. The molecule has 0 spiro atoms. The van der Waals surface area contributed by atoms with E-state index in [2.05, 4.69) is 27.7 Å². The molecule has 0 aliphatic rings. The maximum Gasteiger partial charge on any atom is 0.289 e. The summed E-state index contributed by atoms with van der Waals surface area (Å²) >= 11 is 2.18. The Morgan fingerprint density at radius 1 is 1.36 bits per heavy atom. The summed E-state index contributed by atoms with van der Waals surface area (Å²) in [7, 11) is 0. The average molecular weight is 174 g/mol. The molecule has 0 N–H and O–H groups in total. The smallest absolute Gasteiger partial charge is 0.289 e. The maximum atomic E-state index is 4.30. The predicted octanol–water partition coefficient (Wildman–Crippen LogP) is -2.15. The van der Waals surface area contributed by atoms with Crippen LogP contribution in [0.4, 0.5) is 0 Å². The molecule has 11 heavy (non-hydrogen) atoms. The van der Waals surface area contributed by atoms with Crippen molar-refractivity contribution in [1.82, 2.24) is 9.38 Å². The average Bonchev–Trinajstić information content (AvgIpc) is 2.32. The molecule has 2 aromatic rings. The van der Waals surface area contributed by atoms with Crippen molar-refractivity contribution in [3.63, 3.8) is 0 Å². The summed E-state index contributed by atoms with van der Waals surface area (Å²) in [6.45, 7) is 0. The predicted molar refractivity (Wildman–Crippen MR) is 51.5 cm³/mol. The molecule has 0 aliphatic carbocycles. The highest BCUT2D eigenvalue weighted by atomic mass is 27.1. The van der Waals surface area contributed by atoms with E-state index < -0.39 is 0 Å². The normalized spacial score (nSPS) is 10.5. The highest BCUT2D eigenvalue weighted by molar-refractivity contribution is 6.33. The van der Waals surface area contributed by atoms with Crippen LogP contribution in [0.2, 0.25) is 0 Å². The molecule has 0 unspecified atom stereocenters. The zero-order valence-corrected chi connectivity index (χ0v) is 10.7. The first-order valence-corrected chi connectivity index (χ1v) is 5.68. The fourth-order valence-electron chi connectivity index (χ4n) is 1.21. The molecule has 0 aliphatic heterocycles. The van der Waals surface area contributed by atoms with Gasteiger partial charge in [-0.2, -0.15) is 0 Å². The van der Waals surface area contributed by atoms with Crippen molar-refractivity contribution >= 4 is 47.2 Å². The van der Waals surface area contributed by atoms with Gasteiger partial charge in [0, 0.05) is 12.4 Å². The van der Waals surface area contributed by atoms with E-state index in [0.29, 0.717) is 0 Å². The van der Waals surface area contributed by atoms with Crippen molar-refractivity contribution in [2.45, 2.75) is 0 Å². The number of fused-ring (bicyclic) bond motifs is 1. The van der Waals surface area contributed by atoms with Gasteiger partial charge in [-0.1, -0.05) is 6.07 Å². The molecule has 4 heteroatoms. The van der Waals surface area contributed by atoms with Gasteiger partial charge in [-0.05, 0) is 10.6 Å². The summed E-state index contributed by atoms with van der Waals surface area (Å²) in [4.78, 5) is 4.30. The van der Waals surface area contributed by atoms with Gasteiger partial charge in [-0.25, -0.2) is 4.98 Å². The molecule has 2 aromatic heterocycles. The number of hydrogen-bond donors (Lipinski definition) is 0. The molecule has 52 valence electrons. The van der Waals surface area contributed by atoms with E-state index in [0.717, 1.165) is 38.2 Å². The van der Waals surface area contributed by atoms with Crippen molar-refractivity contribution in [1.29, 1.82) is 0 Å². The molecule has 0 atom stereocenters. The molecule has 0 saturated carbocycles. The molecule has 2 heterocycles. The SMILES string of the molecule is [AlH2][c]1ccn2[c]([AlH2])cnc2c1. The van der Waals surface area contributed by atoms with Crippen LogP contribution in [0.5, 0.6) is 0 Å². The molecule has 2 nitrogen and oxygen atoms in total. The van der Waals surface area contributed by atoms with Gasteiger partial charge >= 0.3 is 0 Å². The Hall–Kier alpha value is -0.245. The molecule has 0 saturated heterocycles. The van der Waals surface area contributed by atoms with Gasteiger partial charge in [0.1, 0.15) is 5.65 Å². The first-order chi connectivity index (χ1) is 5.27. The van der Waals surface area contributed by atoms with Crippen LogP contribution in [0.15, 0.2) is 24.5 Å². The minimum absolute atomic E-state index is 1.07. The third kappa shape index (κ3) is 1.24. The summed E-state index contributed by atoms with van der Waals surface area (Å²) in [5.74, 6) is 0. The largest absolute Gasteiger partial charge is 0.322 e. The van der Waals surface area contributed by atoms with Crippen LogP contribution in [0.25, 0.3) is 5.65 Å². The molecule has 2 rings (SSSR count). The lowest BCUT2D eigenvalue weighted by Crippen LogP contribution is -2.11. The van der Waals surface area contributed by atoms with Gasteiger partial charge in [0.25, 0.3) is 32.6 Å². The summed E-state index contributed by atoms with van der Waals surface area (Å²) < 4.78 is 4.90. The number of pyridine rings is 1. The Labute approximate surface area is 81.1 Å². The highest BCUT2D eigenvalue weighted by Gasteiger charge is 1.95. The zero-order chi connectivity index (χ0) is 7.84. The molecular formula is C7H8Al2N2. The van der Waals surface area contributed by atoms with Crippen LogP contribution in [-0.2, 0) is 0 Å². The third-order valence-electron chi connectivity index (χ3n) is 1.85. The standard InChI is InChI=1S/C7H4N2.2Al.4H/c1-2-5-9-6-4-8-7(9)3-1;;;;;;/h2-5H;;;;;;. The van der Waals surface area contributed by atoms with Crippen LogP contribution in [0.1, 0.15) is 0 Å². The van der Waals surface area contributed by atoms with E-state index in [1.807, 2.05) is 6.20 Å². The van der Waals surface area contributed by atoms with Gasteiger partial charge < -0.3 is 4.40 Å². The van der Waals surface area contributed by atoms with Gasteiger partial charge in [0.2, 0.25) is 0 Å². The van der Waals surface area contributed by atoms with Crippen molar-refractivity contribution in [3.8, 4) is 0 Å². The van der Waals surface area contributed by atoms with Gasteiger partial charge in [0.15, 0.2) is 0 Å². The van der Waals surface area contributed by atoms with Gasteiger partial charge in [-0.3, -0.25) is 0 Å². The Kier molecular flexibility index (Phi) is 1.79. The van der Waals surface area contributed by atoms with Crippen LogP contribution in [-0.4, -0.2) is 42.0 Å². The van der Waals surface area contributed by atoms with E-state index >= 15 is 0 Å². The van der Waals surface area contributed by atoms with Crippen LogP contribution >= 0.6 is 0 Å². The maximum absolute atomic E-state index is 4.30. The molecule has 0 amide bonds. The van der Waals surface area contributed by atoms with Crippen molar-refractivity contribution in [2.24, 2.45) is 0 Å². The lowest BCUT2D eigenvalue weighted by atomic mass is 10.5. The molecular weight excluding hydrogens is 166 g/mol. The van der Waals surface area contributed by atoms with Crippen LogP contribution in [0.3, 0.4) is 0 Å². The summed E-state index contributed by atoms with van der Waals surface area (Å²) in [6, 6.07) is 4.33. The number of imidazole rings is 1. The van der Waals surface area contributed by atoms with E-state index in [1.165, 1.54) is 8.98 Å². The first-order valence-electron chi connectivity index (χ1n) is 3.68. The van der Waals surface area contributed by atoms with Crippen LogP contribution in [0, 0.1) is 0 Å². The molecule has 0 bridgehead atoms. The lowest BCUT2D eigenvalue weighted by Gasteiger charge is -1.96. The van der Waals surface area contributed by atoms with Crippen LogP contribution < -0.4 is 8.98 Å². The van der Waals surface area contributed by atoms with Crippen molar-refractivity contribution < 1.29 is 0 Å². The van der Waals surface area contributed by atoms with Crippen molar-refractivity contribution in [2.75, 3.05) is 0 Å². The minimum atomic E-state index is 1.07. The van der Waals surface area contributed by atoms with Gasteiger partial charge in [0.05, 0.1) is 0 Å². The molecule has 0 radical (unpaired) electrons. The Morgan fingerprint density at radius 3 is 3.00 bits per heavy atom. The lowest BCUT2D eigenvalue weighted by molar-refractivity contribution is 1.23. The fourth-order valence-corrected chi connectivity index (χ4v) is 2.12. The fraction of sp³-hybridized carbons (Fsp3) is 0. The topological polar surface area (TPSA) is 17.3 Å². The first kappa shape index (κ1) is 7.41. The quantitative estimate of drug-likeness (QED) is 0.416. The number of nitrogens with zero attached hydrogens (tertiary/aromatic N) is 2. The van der Waals surface area contributed by atoms with E-state index in [4.69, 9.17) is 0 Å². The second kappa shape index (κ2) is 2.66. The van der Waals surface area contributed by atoms with Gasteiger partial charge in [-0.15, -0.1) is 4.43 Å². The summed E-state index contributed by atoms with van der Waals surface area (Å²) in [5.41, 5.74) is 1.10. The summed E-state index contributed by atoms with van der Waals surface area (Å²) in [6.07, 6.45) is 4.08.